The molecule has 34 heavy (non-hydrogen) atoms. The van der Waals surface area contributed by atoms with Crippen LogP contribution in [0.25, 0.3) is 10.8 Å². The zero-order valence-electron chi connectivity index (χ0n) is 18.5. The lowest BCUT2D eigenvalue weighted by atomic mass is 10.1. The van der Waals surface area contributed by atoms with Gasteiger partial charge in [0.05, 0.1) is 0 Å². The second-order valence-corrected chi connectivity index (χ2v) is 8.18. The van der Waals surface area contributed by atoms with Crippen LogP contribution < -0.4 is 20.7 Å². The lowest BCUT2D eigenvalue weighted by Gasteiger charge is -2.36. The Morgan fingerprint density at radius 2 is 1.62 bits per heavy atom. The number of piperazine rings is 1. The van der Waals surface area contributed by atoms with Crippen molar-refractivity contribution in [3.63, 3.8) is 0 Å². The largest absolute Gasteiger partial charge is 0.492 e. The Bertz CT molecular complexity index is 1120. The van der Waals surface area contributed by atoms with E-state index < -0.39 is 5.91 Å². The molecule has 0 aliphatic carbocycles. The maximum atomic E-state index is 12.0. The fraction of sp³-hybridized carbons (Fsp3) is 0.250. The number of amides is 1. The molecule has 3 aromatic carbocycles. The van der Waals surface area contributed by atoms with Crippen molar-refractivity contribution in [2.75, 3.05) is 44.2 Å². The van der Waals surface area contributed by atoms with Crippen molar-refractivity contribution in [2.24, 2.45) is 5.73 Å². The van der Waals surface area contributed by atoms with E-state index in [9.17, 15) is 4.79 Å². The van der Waals surface area contributed by atoms with Crippen molar-refractivity contribution < 1.29 is 9.53 Å². The number of ether oxygens (including phenoxy) is 1. The van der Waals surface area contributed by atoms with E-state index in [4.69, 9.17) is 27.5 Å². The Kier molecular flexibility index (Phi) is 10.3. The zero-order chi connectivity index (χ0) is 22.5. The van der Waals surface area contributed by atoms with Gasteiger partial charge in [-0.05, 0) is 59.3 Å². The minimum atomic E-state index is -0.393. The Balaban J connectivity index is 0.00000204. The number of fused-ring (bicyclic) bond motifs is 1. The summed E-state index contributed by atoms with van der Waals surface area (Å²) in [6.07, 6.45) is 0. The monoisotopic (exact) mass is 523 g/mol. The molecule has 1 fully saturated rings. The molecule has 182 valence electrons. The van der Waals surface area contributed by atoms with E-state index in [0.29, 0.717) is 12.2 Å². The number of hydrogen-bond acceptors (Lipinski definition) is 5. The molecule has 4 rings (SSSR count). The van der Waals surface area contributed by atoms with E-state index in [1.165, 1.54) is 5.69 Å². The highest BCUT2D eigenvalue weighted by atomic mass is 35.5. The first-order valence-electron chi connectivity index (χ1n) is 10.5. The molecule has 0 saturated carbocycles. The second kappa shape index (κ2) is 12.7. The third kappa shape index (κ3) is 7.14. The fourth-order valence-electron chi connectivity index (χ4n) is 3.82. The van der Waals surface area contributed by atoms with Gasteiger partial charge >= 0.3 is 0 Å². The van der Waals surface area contributed by atoms with Gasteiger partial charge in [0, 0.05) is 49.0 Å². The number of carbonyl (C=O) groups is 1. The highest BCUT2D eigenvalue weighted by molar-refractivity contribution is 6.30. The normalized spacial score (nSPS) is 13.5. The number of nitrogens with zero attached hydrogens (tertiary/aromatic N) is 2. The predicted octanol–water partition coefficient (Wildman–Crippen LogP) is 4.16. The molecular weight excluding hydrogens is 497 g/mol. The lowest BCUT2D eigenvalue weighted by molar-refractivity contribution is 0.0976. The van der Waals surface area contributed by atoms with Crippen molar-refractivity contribution in [1.29, 1.82) is 5.41 Å². The fourth-order valence-corrected chi connectivity index (χ4v) is 3.95. The number of benzene rings is 3. The topological polar surface area (TPSA) is 94.7 Å². The van der Waals surface area contributed by atoms with Crippen LogP contribution in [0.1, 0.15) is 10.4 Å². The van der Waals surface area contributed by atoms with E-state index in [0.717, 1.165) is 54.3 Å². The van der Waals surface area contributed by atoms with Gasteiger partial charge in [-0.25, -0.2) is 0 Å². The molecule has 1 amide bonds. The number of hydrogen-bond donors (Lipinski definition) is 3. The zero-order valence-corrected chi connectivity index (χ0v) is 20.9. The summed E-state index contributed by atoms with van der Waals surface area (Å²) in [5, 5.41) is 12.1. The molecule has 4 N–H and O–H groups in total. The van der Waals surface area contributed by atoms with Crippen LogP contribution in [0.4, 0.5) is 5.69 Å². The van der Waals surface area contributed by atoms with Crippen LogP contribution in [0.15, 0.2) is 60.7 Å². The highest BCUT2D eigenvalue weighted by Gasteiger charge is 2.17. The quantitative estimate of drug-likeness (QED) is 0.332. The molecule has 0 unspecified atom stereocenters. The number of halogens is 3. The van der Waals surface area contributed by atoms with Gasteiger partial charge in [0.2, 0.25) is 0 Å². The summed E-state index contributed by atoms with van der Waals surface area (Å²) in [5.41, 5.74) is 6.90. The van der Waals surface area contributed by atoms with E-state index in [1.54, 1.807) is 12.1 Å². The van der Waals surface area contributed by atoms with E-state index in [-0.39, 0.29) is 30.8 Å². The summed E-state index contributed by atoms with van der Waals surface area (Å²) in [4.78, 5) is 16.8. The molecule has 0 aromatic heterocycles. The third-order valence-electron chi connectivity index (χ3n) is 5.56. The number of carbonyl (C=O) groups excluding carboxylic acids is 1. The average molecular weight is 525 g/mol. The minimum Gasteiger partial charge on any atom is -0.492 e. The SMILES string of the molecule is Cl.Cl.N=C(N)NC(=O)c1ccc2cc(OCCN3CCN(c4ccc(Cl)cc4)CC3)ccc2c1. The standard InChI is InChI=1S/C24H26ClN5O2.2ClH/c25-20-4-6-21(7-5-20)30-11-9-29(10-12-30)13-14-32-22-8-3-17-15-19(2-1-18(17)16-22)23(31)28-24(26)27;;/h1-8,15-16H,9-14H2,(H4,26,27,28,31);2*1H. The van der Waals surface area contributed by atoms with Crippen molar-refractivity contribution >= 4 is 64.7 Å². The van der Waals surface area contributed by atoms with Gasteiger partial charge < -0.3 is 15.4 Å². The van der Waals surface area contributed by atoms with E-state index in [1.807, 2.05) is 36.4 Å². The van der Waals surface area contributed by atoms with Gasteiger partial charge in [-0.3, -0.25) is 20.4 Å². The molecule has 0 radical (unpaired) electrons. The lowest BCUT2D eigenvalue weighted by Crippen LogP contribution is -2.47. The molecule has 0 spiro atoms. The molecule has 3 aromatic rings. The van der Waals surface area contributed by atoms with Crippen LogP contribution in [0.5, 0.6) is 5.75 Å². The molecule has 0 atom stereocenters. The number of rotatable bonds is 6. The average Bonchev–Trinajstić information content (AvgIpc) is 2.79. The smallest absolute Gasteiger partial charge is 0.257 e. The van der Waals surface area contributed by atoms with Crippen LogP contribution in [-0.2, 0) is 0 Å². The number of nitrogens with one attached hydrogen (secondary N) is 2. The summed E-state index contributed by atoms with van der Waals surface area (Å²) in [6.45, 7) is 5.44. The minimum absolute atomic E-state index is 0. The van der Waals surface area contributed by atoms with Crippen molar-refractivity contribution in [3.05, 3.63) is 71.2 Å². The van der Waals surface area contributed by atoms with Crippen LogP contribution in [0.2, 0.25) is 5.02 Å². The Hall–Kier alpha value is -2.71. The predicted molar refractivity (Wildman–Crippen MR) is 143 cm³/mol. The third-order valence-corrected chi connectivity index (χ3v) is 5.81. The number of nitrogens with two attached hydrogens (primary N) is 1. The molecule has 1 heterocycles. The Morgan fingerprint density at radius 3 is 2.29 bits per heavy atom. The summed E-state index contributed by atoms with van der Waals surface area (Å²) in [7, 11) is 0. The molecule has 1 aliphatic rings. The van der Waals surface area contributed by atoms with E-state index >= 15 is 0 Å². The van der Waals surface area contributed by atoms with Gasteiger partial charge in [0.1, 0.15) is 12.4 Å². The summed E-state index contributed by atoms with van der Waals surface area (Å²) >= 11 is 5.98. The molecule has 10 heteroatoms. The van der Waals surface area contributed by atoms with Crippen LogP contribution in [-0.4, -0.2) is 56.1 Å². The number of anilines is 1. The molecule has 1 aliphatic heterocycles. The molecule has 1 saturated heterocycles. The maximum Gasteiger partial charge on any atom is 0.257 e. The first-order valence-corrected chi connectivity index (χ1v) is 10.9. The van der Waals surface area contributed by atoms with Crippen molar-refractivity contribution in [1.82, 2.24) is 10.2 Å². The van der Waals surface area contributed by atoms with Crippen LogP contribution in [0, 0.1) is 5.41 Å². The van der Waals surface area contributed by atoms with Gasteiger partial charge in [0.25, 0.3) is 5.91 Å². The van der Waals surface area contributed by atoms with Crippen molar-refractivity contribution in [3.8, 4) is 5.75 Å². The Labute approximate surface area is 216 Å². The molecular formula is C24H28Cl3N5O2. The van der Waals surface area contributed by atoms with Gasteiger partial charge in [-0.1, -0.05) is 23.7 Å². The summed E-state index contributed by atoms with van der Waals surface area (Å²) in [5.74, 6) is 0.0411. The summed E-state index contributed by atoms with van der Waals surface area (Å²) in [6, 6.07) is 19.2. The highest BCUT2D eigenvalue weighted by Crippen LogP contribution is 2.23. The first kappa shape index (κ1) is 27.5. The number of guanidine groups is 1. The van der Waals surface area contributed by atoms with Crippen molar-refractivity contribution in [2.45, 2.75) is 0 Å². The second-order valence-electron chi connectivity index (χ2n) is 7.75. The van der Waals surface area contributed by atoms with Crippen LogP contribution in [0.3, 0.4) is 0 Å². The van der Waals surface area contributed by atoms with Crippen LogP contribution >= 0.6 is 36.4 Å². The molecule has 7 nitrogen and oxygen atoms in total. The first-order chi connectivity index (χ1) is 15.5. The Morgan fingerprint density at radius 1 is 0.971 bits per heavy atom. The molecule has 0 bridgehead atoms. The van der Waals surface area contributed by atoms with Gasteiger partial charge in [-0.2, -0.15) is 0 Å². The summed E-state index contributed by atoms with van der Waals surface area (Å²) < 4.78 is 5.98. The maximum absolute atomic E-state index is 12.0. The van der Waals surface area contributed by atoms with Gasteiger partial charge in [-0.15, -0.1) is 24.8 Å². The van der Waals surface area contributed by atoms with Gasteiger partial charge in [0.15, 0.2) is 5.96 Å². The van der Waals surface area contributed by atoms with E-state index in [2.05, 4.69) is 27.2 Å².